The number of hydrogen-bond donors (Lipinski definition) is 1. The van der Waals surface area contributed by atoms with E-state index in [2.05, 4.69) is 30.4 Å². The highest BCUT2D eigenvalue weighted by molar-refractivity contribution is 6.30. The molecule has 1 aliphatic carbocycles. The van der Waals surface area contributed by atoms with E-state index in [1.54, 1.807) is 0 Å². The van der Waals surface area contributed by atoms with Crippen molar-refractivity contribution in [3.05, 3.63) is 64.4 Å². The number of benzene rings is 2. The summed E-state index contributed by atoms with van der Waals surface area (Å²) in [4.78, 5) is 4.87. The Morgan fingerprint density at radius 3 is 2.67 bits per heavy atom. The normalized spacial score (nSPS) is 18.7. The largest absolute Gasteiger partial charge is 0.359 e. The molecule has 0 bridgehead atoms. The molecular formula is C19H17ClN4. The van der Waals surface area contributed by atoms with E-state index in [9.17, 15) is 0 Å². The third-order valence-corrected chi connectivity index (χ3v) is 4.98. The summed E-state index contributed by atoms with van der Waals surface area (Å²) >= 11 is 6.05. The van der Waals surface area contributed by atoms with Crippen LogP contribution in [0.25, 0.3) is 11.4 Å². The van der Waals surface area contributed by atoms with Crippen LogP contribution in [0.3, 0.4) is 0 Å². The first-order valence-electron chi connectivity index (χ1n) is 8.28. The van der Waals surface area contributed by atoms with E-state index in [0.29, 0.717) is 5.92 Å². The first kappa shape index (κ1) is 14.1. The van der Waals surface area contributed by atoms with Crippen molar-refractivity contribution in [2.75, 3.05) is 5.32 Å². The van der Waals surface area contributed by atoms with Crippen LogP contribution in [0.1, 0.15) is 41.9 Å². The molecule has 0 amide bonds. The lowest BCUT2D eigenvalue weighted by Crippen LogP contribution is -2.26. The SMILES string of the molecule is Cc1ccc2c(c1)-c1nc(C3CC3)nn1C(c1ccc(Cl)cc1)N2. The first-order valence-corrected chi connectivity index (χ1v) is 8.66. The number of hydrogen-bond acceptors (Lipinski definition) is 3. The molecule has 2 aliphatic rings. The zero-order valence-corrected chi connectivity index (χ0v) is 14.1. The molecular weight excluding hydrogens is 320 g/mol. The molecule has 2 heterocycles. The van der Waals surface area contributed by atoms with Crippen LogP contribution >= 0.6 is 11.6 Å². The van der Waals surface area contributed by atoms with Crippen LogP contribution in [0.15, 0.2) is 42.5 Å². The Morgan fingerprint density at radius 2 is 1.92 bits per heavy atom. The van der Waals surface area contributed by atoms with E-state index in [1.807, 2.05) is 28.9 Å². The third-order valence-electron chi connectivity index (χ3n) is 4.73. The number of nitrogens with one attached hydrogen (secondary N) is 1. The van der Waals surface area contributed by atoms with Gasteiger partial charge in [-0.2, -0.15) is 5.10 Å². The van der Waals surface area contributed by atoms with Crippen LogP contribution in [0.2, 0.25) is 5.02 Å². The van der Waals surface area contributed by atoms with Crippen molar-refractivity contribution in [3.63, 3.8) is 0 Å². The average Bonchev–Trinajstić information content (AvgIpc) is 3.34. The third kappa shape index (κ3) is 2.21. The summed E-state index contributed by atoms with van der Waals surface area (Å²) in [6.45, 7) is 2.11. The smallest absolute Gasteiger partial charge is 0.163 e. The predicted molar refractivity (Wildman–Crippen MR) is 95.4 cm³/mol. The van der Waals surface area contributed by atoms with Gasteiger partial charge >= 0.3 is 0 Å². The number of halogens is 1. The zero-order chi connectivity index (χ0) is 16.3. The molecule has 3 aromatic rings. The summed E-state index contributed by atoms with van der Waals surface area (Å²) in [7, 11) is 0. The minimum absolute atomic E-state index is 0.0625. The Balaban J connectivity index is 1.68. The van der Waals surface area contributed by atoms with E-state index >= 15 is 0 Å². The lowest BCUT2D eigenvalue weighted by atomic mass is 10.0. The number of nitrogens with zero attached hydrogens (tertiary/aromatic N) is 3. The lowest BCUT2D eigenvalue weighted by molar-refractivity contribution is 0.567. The lowest BCUT2D eigenvalue weighted by Gasteiger charge is -2.28. The monoisotopic (exact) mass is 336 g/mol. The molecule has 1 fully saturated rings. The van der Waals surface area contributed by atoms with E-state index in [-0.39, 0.29) is 6.17 Å². The molecule has 4 nitrogen and oxygen atoms in total. The molecule has 1 saturated carbocycles. The van der Waals surface area contributed by atoms with E-state index in [4.69, 9.17) is 21.7 Å². The molecule has 1 unspecified atom stereocenters. The molecule has 24 heavy (non-hydrogen) atoms. The van der Waals surface area contributed by atoms with Crippen molar-refractivity contribution >= 4 is 17.3 Å². The molecule has 1 aliphatic heterocycles. The highest BCUT2D eigenvalue weighted by atomic mass is 35.5. The number of fused-ring (bicyclic) bond motifs is 3. The average molecular weight is 337 g/mol. The summed E-state index contributed by atoms with van der Waals surface area (Å²) in [5, 5.41) is 9.18. The maximum absolute atomic E-state index is 6.05. The van der Waals surface area contributed by atoms with Crippen molar-refractivity contribution in [3.8, 4) is 11.4 Å². The summed E-state index contributed by atoms with van der Waals surface area (Å²) < 4.78 is 2.03. The van der Waals surface area contributed by atoms with Gasteiger partial charge in [0.25, 0.3) is 0 Å². The van der Waals surface area contributed by atoms with Crippen molar-refractivity contribution in [2.45, 2.75) is 31.8 Å². The maximum Gasteiger partial charge on any atom is 0.163 e. The Kier molecular flexibility index (Phi) is 2.98. The van der Waals surface area contributed by atoms with Gasteiger partial charge in [-0.15, -0.1) is 0 Å². The van der Waals surface area contributed by atoms with E-state index in [1.165, 1.54) is 18.4 Å². The highest BCUT2D eigenvalue weighted by Crippen LogP contribution is 2.42. The molecule has 1 atom stereocenters. The standard InChI is InChI=1S/C19H17ClN4/c1-11-2-9-16-15(10-11)19-22-17(12-3-4-12)23-24(19)18(21-16)13-5-7-14(20)8-6-13/h2,5-10,12,18,21H,3-4H2,1H3. The molecule has 2 aromatic carbocycles. The van der Waals surface area contributed by atoms with Gasteiger partial charge in [-0.1, -0.05) is 35.4 Å². The van der Waals surface area contributed by atoms with Gasteiger partial charge in [0.05, 0.1) is 0 Å². The quantitative estimate of drug-likeness (QED) is 0.734. The van der Waals surface area contributed by atoms with Crippen LogP contribution in [-0.4, -0.2) is 14.8 Å². The fourth-order valence-corrected chi connectivity index (χ4v) is 3.39. The Labute approximate surface area is 145 Å². The first-order chi connectivity index (χ1) is 11.7. The fraction of sp³-hybridized carbons (Fsp3) is 0.263. The van der Waals surface area contributed by atoms with Crippen LogP contribution in [0.4, 0.5) is 5.69 Å². The van der Waals surface area contributed by atoms with Crippen LogP contribution in [0.5, 0.6) is 0 Å². The van der Waals surface area contributed by atoms with E-state index in [0.717, 1.165) is 33.5 Å². The van der Waals surface area contributed by atoms with Gasteiger partial charge in [-0.3, -0.25) is 0 Å². The molecule has 1 N–H and O–H groups in total. The van der Waals surface area contributed by atoms with Crippen molar-refractivity contribution in [1.82, 2.24) is 14.8 Å². The van der Waals surface area contributed by atoms with Gasteiger partial charge in [0.1, 0.15) is 6.17 Å². The minimum Gasteiger partial charge on any atom is -0.359 e. The molecule has 5 heteroatoms. The topological polar surface area (TPSA) is 42.7 Å². The van der Waals surface area contributed by atoms with Gasteiger partial charge in [0, 0.05) is 22.2 Å². The number of aryl methyl sites for hydroxylation is 1. The van der Waals surface area contributed by atoms with Crippen LogP contribution < -0.4 is 5.32 Å². The van der Waals surface area contributed by atoms with Crippen molar-refractivity contribution in [2.24, 2.45) is 0 Å². The number of rotatable bonds is 2. The number of anilines is 1. The molecule has 1 aromatic heterocycles. The van der Waals surface area contributed by atoms with Crippen LogP contribution in [0, 0.1) is 6.92 Å². The molecule has 0 spiro atoms. The zero-order valence-electron chi connectivity index (χ0n) is 13.3. The second-order valence-corrected chi connectivity index (χ2v) is 7.10. The minimum atomic E-state index is -0.0625. The summed E-state index contributed by atoms with van der Waals surface area (Å²) in [6, 6.07) is 14.4. The predicted octanol–water partition coefficient (Wildman–Crippen LogP) is 4.76. The van der Waals surface area contributed by atoms with Crippen molar-refractivity contribution in [1.29, 1.82) is 0 Å². The Bertz CT molecular complexity index is 925. The Morgan fingerprint density at radius 1 is 1.12 bits per heavy atom. The number of aromatic nitrogens is 3. The second kappa shape index (κ2) is 5.08. The fourth-order valence-electron chi connectivity index (χ4n) is 3.26. The van der Waals surface area contributed by atoms with Gasteiger partial charge in [-0.25, -0.2) is 9.67 Å². The molecule has 0 saturated heterocycles. The van der Waals surface area contributed by atoms with Gasteiger partial charge in [-0.05, 0) is 49.6 Å². The second-order valence-electron chi connectivity index (χ2n) is 6.66. The van der Waals surface area contributed by atoms with Gasteiger partial charge < -0.3 is 5.32 Å². The summed E-state index contributed by atoms with van der Waals surface area (Å²) in [5.74, 6) is 2.46. The van der Waals surface area contributed by atoms with Gasteiger partial charge in [0.15, 0.2) is 11.6 Å². The van der Waals surface area contributed by atoms with Gasteiger partial charge in [0.2, 0.25) is 0 Å². The molecule has 5 rings (SSSR count). The van der Waals surface area contributed by atoms with Crippen molar-refractivity contribution < 1.29 is 0 Å². The maximum atomic E-state index is 6.05. The summed E-state index contributed by atoms with van der Waals surface area (Å²) in [6.07, 6.45) is 2.33. The molecule has 0 radical (unpaired) electrons. The molecule has 120 valence electrons. The van der Waals surface area contributed by atoms with Crippen LogP contribution in [-0.2, 0) is 0 Å². The Hall–Kier alpha value is -2.33. The highest BCUT2D eigenvalue weighted by Gasteiger charge is 2.33. The summed E-state index contributed by atoms with van der Waals surface area (Å²) in [5.41, 5.74) is 4.57. The van der Waals surface area contributed by atoms with E-state index < -0.39 is 0 Å².